The lowest BCUT2D eigenvalue weighted by Gasteiger charge is -2.48. The fraction of sp³-hybridized carbons (Fsp3) is 0.440. The number of aromatic nitrogens is 1. The van der Waals surface area contributed by atoms with E-state index in [0.717, 1.165) is 12.1 Å². The minimum absolute atomic E-state index is 0.0184. The first kappa shape index (κ1) is 24.4. The highest BCUT2D eigenvalue weighted by atomic mass is 35.5. The molecule has 2 aromatic rings. The molecule has 0 saturated carbocycles. The zero-order valence-corrected chi connectivity index (χ0v) is 21.9. The van der Waals surface area contributed by atoms with Gasteiger partial charge in [-0.1, -0.05) is 35.3 Å². The number of carbonyl (C=O) groups is 2. The van der Waals surface area contributed by atoms with Crippen molar-refractivity contribution < 1.29 is 9.59 Å². The van der Waals surface area contributed by atoms with Gasteiger partial charge in [0, 0.05) is 68.0 Å². The van der Waals surface area contributed by atoms with Crippen molar-refractivity contribution in [2.75, 3.05) is 33.7 Å². The second kappa shape index (κ2) is 9.00. The lowest BCUT2D eigenvalue weighted by Crippen LogP contribution is -2.67. The minimum atomic E-state index is -1.43. The molecule has 5 rings (SSSR count). The van der Waals surface area contributed by atoms with Crippen LogP contribution in [-0.2, 0) is 22.6 Å². The third-order valence-electron chi connectivity index (χ3n) is 7.59. The molecule has 3 aliphatic rings. The number of rotatable bonds is 4. The first-order valence-corrected chi connectivity index (χ1v) is 12.7. The number of nitrogens with zero attached hydrogens (tertiary/aromatic N) is 4. The Balaban J connectivity index is 1.54. The van der Waals surface area contributed by atoms with Crippen LogP contribution in [0.1, 0.15) is 23.6 Å². The first-order chi connectivity index (χ1) is 16.6. The Morgan fingerprint density at radius 1 is 0.943 bits per heavy atom. The predicted molar refractivity (Wildman–Crippen MR) is 139 cm³/mol. The number of hydrogen-bond donors (Lipinski definition) is 0. The van der Waals surface area contributed by atoms with Crippen molar-refractivity contribution in [2.45, 2.75) is 25.3 Å². The molecule has 7 nitrogen and oxygen atoms in total. The van der Waals surface area contributed by atoms with Crippen molar-refractivity contribution in [3.05, 3.63) is 68.1 Å². The van der Waals surface area contributed by atoms with Gasteiger partial charge in [-0.2, -0.15) is 0 Å². The molecule has 2 bridgehead atoms. The van der Waals surface area contributed by atoms with E-state index in [2.05, 4.69) is 4.90 Å². The van der Waals surface area contributed by atoms with Crippen molar-refractivity contribution in [2.24, 2.45) is 11.3 Å². The predicted octanol–water partition coefficient (Wildman–Crippen LogP) is 3.02. The first-order valence-electron chi connectivity index (χ1n) is 11.6. The number of fused-ring (bicyclic) bond motifs is 4. The lowest BCUT2D eigenvalue weighted by atomic mass is 9.75. The van der Waals surface area contributed by atoms with Crippen LogP contribution in [0.4, 0.5) is 0 Å². The minimum Gasteiger partial charge on any atom is -0.312 e. The summed E-state index contributed by atoms with van der Waals surface area (Å²) in [7, 11) is 3.20. The number of likely N-dealkylation sites (tertiary alicyclic amines) is 1. The molecule has 2 atom stereocenters. The average Bonchev–Trinajstić information content (AvgIpc) is 2.83. The van der Waals surface area contributed by atoms with Gasteiger partial charge >= 0.3 is 0 Å². The molecule has 0 spiro atoms. The summed E-state index contributed by atoms with van der Waals surface area (Å²) in [6, 6.07) is 10.6. The molecular weight excluding hydrogens is 507 g/mol. The van der Waals surface area contributed by atoms with Crippen LogP contribution in [0.15, 0.2) is 41.2 Å². The van der Waals surface area contributed by atoms with Crippen molar-refractivity contribution in [1.82, 2.24) is 19.3 Å². The van der Waals surface area contributed by atoms with Gasteiger partial charge in [0.2, 0.25) is 11.8 Å². The number of piperidine rings is 1. The molecule has 3 aliphatic heterocycles. The van der Waals surface area contributed by atoms with E-state index >= 15 is 0 Å². The van der Waals surface area contributed by atoms with Crippen LogP contribution in [0.25, 0.3) is 0 Å². The van der Waals surface area contributed by atoms with Gasteiger partial charge in [-0.3, -0.25) is 24.2 Å². The van der Waals surface area contributed by atoms with Gasteiger partial charge in [-0.25, -0.2) is 0 Å². The van der Waals surface area contributed by atoms with E-state index in [1.807, 2.05) is 10.6 Å². The molecule has 35 heavy (non-hydrogen) atoms. The summed E-state index contributed by atoms with van der Waals surface area (Å²) in [5.41, 5.74) is 0.173. The molecule has 0 aliphatic carbocycles. The quantitative estimate of drug-likeness (QED) is 0.447. The Morgan fingerprint density at radius 3 is 2.23 bits per heavy atom. The number of benzene rings is 1. The molecular formula is C25H26Cl2N4O3S. The molecule has 10 heteroatoms. The monoisotopic (exact) mass is 532 g/mol. The molecule has 1 unspecified atom stereocenters. The molecule has 2 fully saturated rings. The van der Waals surface area contributed by atoms with Gasteiger partial charge in [0.25, 0.3) is 5.56 Å². The Morgan fingerprint density at radius 2 is 1.57 bits per heavy atom. The van der Waals surface area contributed by atoms with E-state index in [1.54, 1.807) is 44.4 Å². The molecule has 1 aromatic heterocycles. The molecule has 1 aromatic carbocycles. The van der Waals surface area contributed by atoms with Crippen LogP contribution < -0.4 is 5.56 Å². The van der Waals surface area contributed by atoms with Gasteiger partial charge < -0.3 is 9.47 Å². The molecule has 4 heterocycles. The lowest BCUT2D eigenvalue weighted by molar-refractivity contribution is -0.157. The summed E-state index contributed by atoms with van der Waals surface area (Å²) in [6.45, 7) is 2.19. The van der Waals surface area contributed by atoms with E-state index in [0.29, 0.717) is 35.2 Å². The van der Waals surface area contributed by atoms with Gasteiger partial charge in [0.15, 0.2) is 5.11 Å². The van der Waals surface area contributed by atoms with E-state index in [4.69, 9.17) is 35.4 Å². The number of halogens is 2. The highest BCUT2D eigenvalue weighted by Gasteiger charge is 2.56. The summed E-state index contributed by atoms with van der Waals surface area (Å²) < 4.78 is 1.87. The largest absolute Gasteiger partial charge is 0.312 e. The van der Waals surface area contributed by atoms with Gasteiger partial charge in [-0.05, 0) is 54.7 Å². The fourth-order valence-corrected chi connectivity index (χ4v) is 6.68. The second-order valence-electron chi connectivity index (χ2n) is 9.86. The van der Waals surface area contributed by atoms with Crippen molar-refractivity contribution >= 4 is 52.3 Å². The molecule has 0 radical (unpaired) electrons. The fourth-order valence-electron chi connectivity index (χ4n) is 5.98. The zero-order valence-electron chi connectivity index (χ0n) is 19.5. The average molecular weight is 533 g/mol. The summed E-state index contributed by atoms with van der Waals surface area (Å²) >= 11 is 18.3. The summed E-state index contributed by atoms with van der Waals surface area (Å²) in [5, 5.41) is 1.00. The van der Waals surface area contributed by atoms with Gasteiger partial charge in [-0.15, -0.1) is 0 Å². The van der Waals surface area contributed by atoms with Crippen molar-refractivity contribution in [3.63, 3.8) is 0 Å². The van der Waals surface area contributed by atoms with E-state index in [9.17, 15) is 14.4 Å². The molecule has 184 valence electrons. The molecule has 2 amide bonds. The SMILES string of the molecule is CN1C(=O)C(Cc2c(Cl)cccc2Cl)(CN2CC3C[C@H](C2)Cn2c3cccc2=O)C(=O)N(C)C1=S. The maximum absolute atomic E-state index is 13.8. The Bertz CT molecular complexity index is 1250. The second-order valence-corrected chi connectivity index (χ2v) is 11.0. The third-order valence-corrected chi connectivity index (χ3v) is 8.85. The van der Waals surface area contributed by atoms with E-state index in [-0.39, 0.29) is 47.3 Å². The smallest absolute Gasteiger partial charge is 0.250 e. The van der Waals surface area contributed by atoms with Crippen LogP contribution >= 0.6 is 35.4 Å². The standard InChI is InChI=1S/C25H26Cl2N4O3S/c1-28-22(33)25(23(34)29(2)24(28)35,10-17-18(26)5-3-6-19(17)27)14-30-11-15-9-16(13-30)20-7-4-8-21(32)31(20)12-15/h3-8,15-16H,9-14H2,1-2H3/t15-,16?/m1/s1. The van der Waals surface area contributed by atoms with Crippen LogP contribution in [0, 0.1) is 11.3 Å². The Hall–Kier alpha value is -2.26. The normalized spacial score (nSPS) is 24.1. The van der Waals surface area contributed by atoms with Crippen molar-refractivity contribution in [3.8, 4) is 0 Å². The molecule has 0 N–H and O–H groups in total. The van der Waals surface area contributed by atoms with E-state index < -0.39 is 5.41 Å². The maximum Gasteiger partial charge on any atom is 0.250 e. The summed E-state index contributed by atoms with van der Waals surface area (Å²) in [6.07, 6.45) is 1.05. The number of hydrogen-bond acceptors (Lipinski definition) is 5. The third kappa shape index (κ3) is 4.00. The van der Waals surface area contributed by atoms with Crippen LogP contribution in [0.3, 0.4) is 0 Å². The highest BCUT2D eigenvalue weighted by molar-refractivity contribution is 7.80. The van der Waals surface area contributed by atoms with Crippen LogP contribution in [0.2, 0.25) is 10.0 Å². The van der Waals surface area contributed by atoms with Gasteiger partial charge in [0.05, 0.1) is 0 Å². The Labute approximate surface area is 219 Å². The number of thiocarbonyl (C=S) groups is 1. The maximum atomic E-state index is 13.8. The summed E-state index contributed by atoms with van der Waals surface area (Å²) in [5.74, 6) is -0.293. The number of pyridine rings is 1. The zero-order chi connectivity index (χ0) is 25.1. The highest BCUT2D eigenvalue weighted by Crippen LogP contribution is 2.41. The summed E-state index contributed by atoms with van der Waals surface area (Å²) in [4.78, 5) is 45.0. The van der Waals surface area contributed by atoms with Crippen molar-refractivity contribution in [1.29, 1.82) is 0 Å². The van der Waals surface area contributed by atoms with Gasteiger partial charge in [0.1, 0.15) is 5.41 Å². The Kier molecular flexibility index (Phi) is 6.28. The van der Waals surface area contributed by atoms with Crippen LogP contribution in [0.5, 0.6) is 0 Å². The molecule has 2 saturated heterocycles. The number of carbonyl (C=O) groups excluding carboxylic acids is 2. The van der Waals surface area contributed by atoms with Crippen LogP contribution in [-0.4, -0.2) is 69.9 Å². The van der Waals surface area contributed by atoms with E-state index in [1.165, 1.54) is 9.80 Å². The number of amides is 2. The topological polar surface area (TPSA) is 65.9 Å².